The summed E-state index contributed by atoms with van der Waals surface area (Å²) in [6.07, 6.45) is 3.22. The first kappa shape index (κ1) is 13.9. The molecule has 3 nitrogen and oxygen atoms in total. The quantitative estimate of drug-likeness (QED) is 0.670. The van der Waals surface area contributed by atoms with Crippen LogP contribution in [-0.4, -0.2) is 4.98 Å². The van der Waals surface area contributed by atoms with Crippen molar-refractivity contribution in [3.05, 3.63) is 64.4 Å². The molecule has 2 aromatic rings. The molecule has 1 heterocycles. The summed E-state index contributed by atoms with van der Waals surface area (Å²) >= 11 is 6.01. The minimum atomic E-state index is -0.880. The molecule has 3 N–H and O–H groups in total. The Kier molecular flexibility index (Phi) is 4.42. The highest BCUT2D eigenvalue weighted by Gasteiger charge is 2.17. The van der Waals surface area contributed by atoms with Crippen LogP contribution in [0.15, 0.2) is 36.7 Å². The molecular weight excluding hydrogens is 272 g/mol. The fourth-order valence-corrected chi connectivity index (χ4v) is 2.10. The van der Waals surface area contributed by atoms with Gasteiger partial charge in [0.25, 0.3) is 0 Å². The van der Waals surface area contributed by atoms with Crippen molar-refractivity contribution < 1.29 is 8.78 Å². The summed E-state index contributed by atoms with van der Waals surface area (Å²) in [5.41, 5.74) is 3.47. The molecule has 0 spiro atoms. The lowest BCUT2D eigenvalue weighted by atomic mass is 10.00. The summed E-state index contributed by atoms with van der Waals surface area (Å²) in [5, 5.41) is 0.419. The van der Waals surface area contributed by atoms with Crippen molar-refractivity contribution in [3.63, 3.8) is 0 Å². The van der Waals surface area contributed by atoms with E-state index < -0.39 is 17.7 Å². The zero-order valence-electron chi connectivity index (χ0n) is 9.91. The van der Waals surface area contributed by atoms with Gasteiger partial charge in [-0.15, -0.1) is 0 Å². The van der Waals surface area contributed by atoms with Gasteiger partial charge in [0.15, 0.2) is 11.6 Å². The maximum atomic E-state index is 13.6. The molecule has 0 radical (unpaired) electrons. The van der Waals surface area contributed by atoms with Crippen LogP contribution in [0.5, 0.6) is 0 Å². The van der Waals surface area contributed by atoms with Crippen LogP contribution < -0.4 is 11.3 Å². The van der Waals surface area contributed by atoms with E-state index in [1.54, 1.807) is 12.3 Å². The van der Waals surface area contributed by atoms with Crippen LogP contribution in [0.1, 0.15) is 17.2 Å². The molecule has 0 aliphatic carbocycles. The number of hydrazine groups is 1. The number of pyridine rings is 1. The summed E-state index contributed by atoms with van der Waals surface area (Å²) in [6.45, 7) is 0. The zero-order chi connectivity index (χ0) is 13.8. The van der Waals surface area contributed by atoms with Gasteiger partial charge in [0.1, 0.15) is 0 Å². The molecule has 0 saturated heterocycles. The van der Waals surface area contributed by atoms with Crippen molar-refractivity contribution in [3.8, 4) is 0 Å². The number of rotatable bonds is 4. The van der Waals surface area contributed by atoms with Gasteiger partial charge in [-0.25, -0.2) is 8.78 Å². The van der Waals surface area contributed by atoms with Crippen molar-refractivity contribution >= 4 is 11.6 Å². The summed E-state index contributed by atoms with van der Waals surface area (Å²) in [4.78, 5) is 3.87. The Morgan fingerprint density at radius 1 is 1.32 bits per heavy atom. The van der Waals surface area contributed by atoms with E-state index in [1.165, 1.54) is 18.3 Å². The molecule has 19 heavy (non-hydrogen) atoms. The number of aromatic nitrogens is 1. The SMILES string of the molecule is NNC(Cc1cccc(F)c1F)c1ccncc1Cl. The third-order valence-corrected chi connectivity index (χ3v) is 3.15. The second-order valence-corrected chi connectivity index (χ2v) is 4.44. The number of nitrogens with one attached hydrogen (secondary N) is 1. The van der Waals surface area contributed by atoms with Crippen LogP contribution in [-0.2, 0) is 6.42 Å². The third-order valence-electron chi connectivity index (χ3n) is 2.84. The number of benzene rings is 1. The maximum Gasteiger partial charge on any atom is 0.162 e. The highest BCUT2D eigenvalue weighted by atomic mass is 35.5. The van der Waals surface area contributed by atoms with Crippen molar-refractivity contribution in [2.45, 2.75) is 12.5 Å². The smallest absolute Gasteiger partial charge is 0.162 e. The molecule has 0 aliphatic heterocycles. The summed E-state index contributed by atoms with van der Waals surface area (Å²) < 4.78 is 26.8. The van der Waals surface area contributed by atoms with E-state index in [0.717, 1.165) is 6.07 Å². The highest BCUT2D eigenvalue weighted by Crippen LogP contribution is 2.25. The zero-order valence-corrected chi connectivity index (χ0v) is 10.7. The largest absolute Gasteiger partial charge is 0.271 e. The van der Waals surface area contributed by atoms with E-state index in [1.807, 2.05) is 0 Å². The Morgan fingerprint density at radius 2 is 2.11 bits per heavy atom. The van der Waals surface area contributed by atoms with Gasteiger partial charge >= 0.3 is 0 Å². The lowest BCUT2D eigenvalue weighted by Gasteiger charge is -2.17. The van der Waals surface area contributed by atoms with Crippen molar-refractivity contribution in [2.24, 2.45) is 5.84 Å². The highest BCUT2D eigenvalue weighted by molar-refractivity contribution is 6.31. The van der Waals surface area contributed by atoms with Crippen LogP contribution in [0.2, 0.25) is 5.02 Å². The molecule has 0 bridgehead atoms. The Hall–Kier alpha value is -1.56. The fraction of sp³-hybridized carbons (Fsp3) is 0.154. The van der Waals surface area contributed by atoms with Gasteiger partial charge in [-0.3, -0.25) is 16.3 Å². The van der Waals surface area contributed by atoms with Crippen LogP contribution in [0.3, 0.4) is 0 Å². The normalized spacial score (nSPS) is 12.4. The van der Waals surface area contributed by atoms with Crippen molar-refractivity contribution in [2.75, 3.05) is 0 Å². The van der Waals surface area contributed by atoms with Gasteiger partial charge in [0.05, 0.1) is 11.1 Å². The number of hydrogen-bond donors (Lipinski definition) is 2. The summed E-state index contributed by atoms with van der Waals surface area (Å²) in [6, 6.07) is 5.30. The molecule has 1 atom stereocenters. The average Bonchev–Trinajstić information content (AvgIpc) is 2.41. The van der Waals surface area contributed by atoms with E-state index >= 15 is 0 Å². The first-order valence-corrected chi connectivity index (χ1v) is 5.99. The Morgan fingerprint density at radius 3 is 2.79 bits per heavy atom. The molecule has 2 rings (SSSR count). The standard InChI is InChI=1S/C13H12ClF2N3/c14-10-7-18-5-4-9(10)12(19-17)6-8-2-1-3-11(15)13(8)16/h1-5,7,12,19H,6,17H2. The first-order valence-electron chi connectivity index (χ1n) is 5.62. The van der Waals surface area contributed by atoms with Crippen molar-refractivity contribution in [1.29, 1.82) is 0 Å². The number of nitrogens with zero attached hydrogens (tertiary/aromatic N) is 1. The van der Waals surface area contributed by atoms with E-state index in [2.05, 4.69) is 10.4 Å². The van der Waals surface area contributed by atoms with E-state index in [0.29, 0.717) is 10.6 Å². The molecule has 1 aromatic heterocycles. The van der Waals surface area contributed by atoms with E-state index in [4.69, 9.17) is 17.4 Å². The van der Waals surface area contributed by atoms with E-state index in [-0.39, 0.29) is 12.0 Å². The molecule has 1 aromatic carbocycles. The Balaban J connectivity index is 2.30. The minimum Gasteiger partial charge on any atom is -0.271 e. The molecule has 100 valence electrons. The monoisotopic (exact) mass is 283 g/mol. The molecule has 0 aliphatic rings. The van der Waals surface area contributed by atoms with Gasteiger partial charge in [-0.2, -0.15) is 0 Å². The van der Waals surface area contributed by atoms with Crippen molar-refractivity contribution in [1.82, 2.24) is 10.4 Å². The third kappa shape index (κ3) is 3.07. The molecule has 1 unspecified atom stereocenters. The summed E-state index contributed by atoms with van der Waals surface area (Å²) in [5.74, 6) is 3.72. The predicted octanol–water partition coefficient (Wildman–Crippen LogP) is 2.76. The summed E-state index contributed by atoms with van der Waals surface area (Å²) in [7, 11) is 0. The van der Waals surface area contributed by atoms with Crippen LogP contribution >= 0.6 is 11.6 Å². The van der Waals surface area contributed by atoms with Gasteiger partial charge in [-0.05, 0) is 29.7 Å². The van der Waals surface area contributed by atoms with Gasteiger partial charge in [0, 0.05) is 12.4 Å². The first-order chi connectivity index (χ1) is 9.13. The van der Waals surface area contributed by atoms with E-state index in [9.17, 15) is 8.78 Å². The second-order valence-electron chi connectivity index (χ2n) is 4.03. The molecular formula is C13H12ClF2N3. The fourth-order valence-electron chi connectivity index (χ4n) is 1.85. The van der Waals surface area contributed by atoms with Crippen LogP contribution in [0, 0.1) is 11.6 Å². The predicted molar refractivity (Wildman–Crippen MR) is 69.4 cm³/mol. The lowest BCUT2D eigenvalue weighted by molar-refractivity contribution is 0.481. The molecule has 0 saturated carbocycles. The number of nitrogens with two attached hydrogens (primary N) is 1. The van der Waals surface area contributed by atoms with Crippen LogP contribution in [0.25, 0.3) is 0 Å². The van der Waals surface area contributed by atoms with Crippen LogP contribution in [0.4, 0.5) is 8.78 Å². The topological polar surface area (TPSA) is 50.9 Å². The minimum absolute atomic E-state index is 0.184. The molecule has 6 heteroatoms. The van der Waals surface area contributed by atoms with Gasteiger partial charge < -0.3 is 0 Å². The molecule has 0 amide bonds. The second kappa shape index (κ2) is 6.06. The number of hydrogen-bond acceptors (Lipinski definition) is 3. The Labute approximate surface area is 114 Å². The number of halogens is 3. The lowest BCUT2D eigenvalue weighted by Crippen LogP contribution is -2.30. The maximum absolute atomic E-state index is 13.6. The average molecular weight is 284 g/mol. The van der Waals surface area contributed by atoms with Gasteiger partial charge in [-0.1, -0.05) is 23.7 Å². The van der Waals surface area contributed by atoms with Gasteiger partial charge in [0.2, 0.25) is 0 Å². The Bertz CT molecular complexity index is 578. The molecule has 0 fully saturated rings.